The number of halogens is 1. The van der Waals surface area contributed by atoms with Gasteiger partial charge in [-0.1, -0.05) is 35.0 Å². The van der Waals surface area contributed by atoms with Gasteiger partial charge in [-0.25, -0.2) is 0 Å². The van der Waals surface area contributed by atoms with Gasteiger partial charge in [0.2, 0.25) is 0 Å². The van der Waals surface area contributed by atoms with Crippen LogP contribution in [0, 0.1) is 0 Å². The Morgan fingerprint density at radius 1 is 1.21 bits per heavy atom. The first-order chi connectivity index (χ1) is 9.19. The fraction of sp³-hybridized carbons (Fsp3) is 0.375. The first-order valence-corrected chi connectivity index (χ1v) is 7.62. The Morgan fingerprint density at radius 3 is 2.63 bits per heavy atom. The van der Waals surface area contributed by atoms with E-state index >= 15 is 0 Å². The van der Waals surface area contributed by atoms with Crippen LogP contribution in [0.1, 0.15) is 37.4 Å². The maximum atomic E-state index is 3.51. The van der Waals surface area contributed by atoms with Crippen LogP contribution in [0.25, 0.3) is 0 Å². The fourth-order valence-electron chi connectivity index (χ4n) is 2.09. The van der Waals surface area contributed by atoms with Gasteiger partial charge in [-0.3, -0.25) is 0 Å². The lowest BCUT2D eigenvalue weighted by molar-refractivity contribution is 0.569. The predicted molar refractivity (Wildman–Crippen MR) is 84.4 cm³/mol. The van der Waals surface area contributed by atoms with Crippen LogP contribution in [0.5, 0.6) is 0 Å². The third-order valence-corrected chi connectivity index (χ3v) is 3.78. The lowest BCUT2D eigenvalue weighted by atomic mass is 10.2. The van der Waals surface area contributed by atoms with Crippen LogP contribution in [0.2, 0.25) is 0 Å². The molecule has 0 saturated heterocycles. The summed E-state index contributed by atoms with van der Waals surface area (Å²) in [6.07, 6.45) is 5.56. The maximum Gasteiger partial charge on any atom is 0.0470 e. The fourth-order valence-corrected chi connectivity index (χ4v) is 2.36. The SMILES string of the molecule is CCCNC(C)c1ccn(Cc2ccc(Br)cc2)c1. The highest BCUT2D eigenvalue weighted by molar-refractivity contribution is 9.10. The second kappa shape index (κ2) is 6.92. The van der Waals surface area contributed by atoms with Crippen molar-refractivity contribution in [2.24, 2.45) is 0 Å². The minimum atomic E-state index is 0.422. The van der Waals surface area contributed by atoms with E-state index in [-0.39, 0.29) is 0 Å². The van der Waals surface area contributed by atoms with Crippen LogP contribution in [-0.2, 0) is 6.54 Å². The third-order valence-electron chi connectivity index (χ3n) is 3.25. The van der Waals surface area contributed by atoms with E-state index in [2.05, 4.69) is 82.4 Å². The van der Waals surface area contributed by atoms with Gasteiger partial charge in [-0.05, 0) is 49.2 Å². The molecule has 0 aliphatic carbocycles. The highest BCUT2D eigenvalue weighted by Gasteiger charge is 2.05. The normalized spacial score (nSPS) is 12.6. The van der Waals surface area contributed by atoms with Gasteiger partial charge >= 0.3 is 0 Å². The molecule has 1 heterocycles. The molecule has 2 aromatic rings. The van der Waals surface area contributed by atoms with Crippen molar-refractivity contribution >= 4 is 15.9 Å². The summed E-state index contributed by atoms with van der Waals surface area (Å²) in [4.78, 5) is 0. The number of nitrogens with one attached hydrogen (secondary N) is 1. The first kappa shape index (κ1) is 14.4. The van der Waals surface area contributed by atoms with Crippen molar-refractivity contribution in [1.29, 1.82) is 0 Å². The highest BCUT2D eigenvalue weighted by atomic mass is 79.9. The number of hydrogen-bond donors (Lipinski definition) is 1. The van der Waals surface area contributed by atoms with Crippen molar-refractivity contribution in [3.63, 3.8) is 0 Å². The van der Waals surface area contributed by atoms with E-state index in [4.69, 9.17) is 0 Å². The summed E-state index contributed by atoms with van der Waals surface area (Å²) in [5.74, 6) is 0. The van der Waals surface area contributed by atoms with E-state index in [9.17, 15) is 0 Å². The summed E-state index contributed by atoms with van der Waals surface area (Å²) in [6, 6.07) is 11.1. The van der Waals surface area contributed by atoms with Crippen molar-refractivity contribution in [1.82, 2.24) is 9.88 Å². The highest BCUT2D eigenvalue weighted by Crippen LogP contribution is 2.15. The standard InChI is InChI=1S/C16H21BrN2/c1-3-9-18-13(2)15-8-10-19(12-15)11-14-4-6-16(17)7-5-14/h4-8,10,12-13,18H,3,9,11H2,1-2H3. The Labute approximate surface area is 124 Å². The van der Waals surface area contributed by atoms with Crippen LogP contribution in [0.15, 0.2) is 47.2 Å². The number of benzene rings is 1. The minimum Gasteiger partial charge on any atom is -0.350 e. The quantitative estimate of drug-likeness (QED) is 0.836. The molecular weight excluding hydrogens is 300 g/mol. The molecular formula is C16H21BrN2. The van der Waals surface area contributed by atoms with E-state index in [0.717, 1.165) is 17.6 Å². The summed E-state index contributed by atoms with van der Waals surface area (Å²) in [5, 5.41) is 3.51. The first-order valence-electron chi connectivity index (χ1n) is 6.82. The van der Waals surface area contributed by atoms with Crippen LogP contribution in [-0.4, -0.2) is 11.1 Å². The number of hydrogen-bond acceptors (Lipinski definition) is 1. The minimum absolute atomic E-state index is 0.422. The van der Waals surface area contributed by atoms with Crippen LogP contribution in [0.3, 0.4) is 0 Å². The van der Waals surface area contributed by atoms with Crippen molar-refractivity contribution in [3.8, 4) is 0 Å². The molecule has 1 atom stereocenters. The summed E-state index contributed by atoms with van der Waals surface area (Å²) in [6.45, 7) is 6.40. The average molecular weight is 321 g/mol. The van der Waals surface area contributed by atoms with Crippen molar-refractivity contribution in [2.45, 2.75) is 32.9 Å². The summed E-state index contributed by atoms with van der Waals surface area (Å²) in [5.41, 5.74) is 2.67. The van der Waals surface area contributed by atoms with Gasteiger partial charge in [0.15, 0.2) is 0 Å². The molecule has 0 amide bonds. The van der Waals surface area contributed by atoms with Crippen molar-refractivity contribution < 1.29 is 0 Å². The number of rotatable bonds is 6. The second-order valence-electron chi connectivity index (χ2n) is 4.92. The lowest BCUT2D eigenvalue weighted by Crippen LogP contribution is -2.18. The molecule has 2 rings (SSSR count). The molecule has 102 valence electrons. The lowest BCUT2D eigenvalue weighted by Gasteiger charge is -2.11. The van der Waals surface area contributed by atoms with Crippen molar-refractivity contribution in [3.05, 3.63) is 58.3 Å². The average Bonchev–Trinajstić information content (AvgIpc) is 2.87. The van der Waals surface area contributed by atoms with Crippen molar-refractivity contribution in [2.75, 3.05) is 6.54 Å². The van der Waals surface area contributed by atoms with Gasteiger partial charge in [0.05, 0.1) is 0 Å². The monoisotopic (exact) mass is 320 g/mol. The van der Waals surface area contributed by atoms with Crippen LogP contribution < -0.4 is 5.32 Å². The number of nitrogens with zero attached hydrogens (tertiary/aromatic N) is 1. The molecule has 0 aliphatic heterocycles. The van der Waals surface area contributed by atoms with Gasteiger partial charge in [0.25, 0.3) is 0 Å². The molecule has 1 unspecified atom stereocenters. The second-order valence-corrected chi connectivity index (χ2v) is 5.84. The van der Waals surface area contributed by atoms with Crippen LogP contribution >= 0.6 is 15.9 Å². The van der Waals surface area contributed by atoms with Gasteiger partial charge in [-0.15, -0.1) is 0 Å². The van der Waals surface area contributed by atoms with E-state index in [1.54, 1.807) is 0 Å². The summed E-state index contributed by atoms with van der Waals surface area (Å²) in [7, 11) is 0. The summed E-state index contributed by atoms with van der Waals surface area (Å²) < 4.78 is 3.37. The molecule has 0 aliphatic rings. The molecule has 1 N–H and O–H groups in total. The molecule has 1 aromatic heterocycles. The van der Waals surface area contributed by atoms with Gasteiger partial charge in [-0.2, -0.15) is 0 Å². The molecule has 0 spiro atoms. The Kier molecular flexibility index (Phi) is 5.23. The molecule has 0 saturated carbocycles. The van der Waals surface area contributed by atoms with E-state index < -0.39 is 0 Å². The molecule has 0 fully saturated rings. The Balaban J connectivity index is 1.98. The molecule has 2 nitrogen and oxygen atoms in total. The Bertz CT molecular complexity index is 502. The molecule has 0 radical (unpaired) electrons. The number of aromatic nitrogens is 1. The topological polar surface area (TPSA) is 17.0 Å². The predicted octanol–water partition coefficient (Wildman–Crippen LogP) is 4.36. The zero-order chi connectivity index (χ0) is 13.7. The summed E-state index contributed by atoms with van der Waals surface area (Å²) >= 11 is 3.46. The van der Waals surface area contributed by atoms with E-state index in [1.165, 1.54) is 17.5 Å². The van der Waals surface area contributed by atoms with Gasteiger partial charge in [0.1, 0.15) is 0 Å². The molecule has 19 heavy (non-hydrogen) atoms. The molecule has 0 bridgehead atoms. The third kappa shape index (κ3) is 4.22. The van der Waals surface area contributed by atoms with Gasteiger partial charge in [0, 0.05) is 29.5 Å². The largest absolute Gasteiger partial charge is 0.350 e. The zero-order valence-corrected chi connectivity index (χ0v) is 13.2. The van der Waals surface area contributed by atoms with E-state index in [1.807, 2.05) is 0 Å². The maximum absolute atomic E-state index is 3.51. The Morgan fingerprint density at radius 2 is 1.95 bits per heavy atom. The zero-order valence-electron chi connectivity index (χ0n) is 11.6. The molecule has 1 aromatic carbocycles. The Hall–Kier alpha value is -1.06. The smallest absolute Gasteiger partial charge is 0.0470 e. The van der Waals surface area contributed by atoms with E-state index in [0.29, 0.717) is 6.04 Å². The molecule has 3 heteroatoms. The van der Waals surface area contributed by atoms with Crippen LogP contribution in [0.4, 0.5) is 0 Å². The van der Waals surface area contributed by atoms with Gasteiger partial charge < -0.3 is 9.88 Å².